The summed E-state index contributed by atoms with van der Waals surface area (Å²) in [5, 5.41) is 7.96. The van der Waals surface area contributed by atoms with Crippen molar-refractivity contribution in [3.63, 3.8) is 0 Å². The third-order valence-electron chi connectivity index (χ3n) is 3.41. The molecule has 2 heterocycles. The number of pyridine rings is 1. The average Bonchev–Trinajstić information content (AvgIpc) is 2.56. The Morgan fingerprint density at radius 3 is 2.56 bits per heavy atom. The minimum Gasteiger partial charge on any atom is -0.377 e. The Kier molecular flexibility index (Phi) is 3.36. The van der Waals surface area contributed by atoms with E-state index in [4.69, 9.17) is 0 Å². The van der Waals surface area contributed by atoms with E-state index in [1.54, 1.807) is 0 Å². The smallest absolute Gasteiger partial charge is 0.0649 e. The zero-order valence-corrected chi connectivity index (χ0v) is 11.7. The quantitative estimate of drug-likeness (QED) is 0.902. The van der Waals surface area contributed by atoms with Crippen LogP contribution in [0.3, 0.4) is 0 Å². The van der Waals surface area contributed by atoms with Gasteiger partial charge < -0.3 is 5.32 Å². The van der Waals surface area contributed by atoms with Gasteiger partial charge >= 0.3 is 0 Å². The van der Waals surface area contributed by atoms with Crippen LogP contribution in [0, 0.1) is 20.8 Å². The SMILES string of the molecule is Cc1ccncc1NC(C)c1c(C)nn(C)c1C. The first-order chi connectivity index (χ1) is 8.50. The number of nitrogens with zero attached hydrogens (tertiary/aromatic N) is 3. The van der Waals surface area contributed by atoms with Gasteiger partial charge in [0.25, 0.3) is 0 Å². The normalized spacial score (nSPS) is 12.5. The van der Waals surface area contributed by atoms with E-state index < -0.39 is 0 Å². The average molecular weight is 244 g/mol. The maximum atomic E-state index is 4.46. The molecule has 1 unspecified atom stereocenters. The molecule has 0 bridgehead atoms. The van der Waals surface area contributed by atoms with Gasteiger partial charge in [0.1, 0.15) is 0 Å². The first kappa shape index (κ1) is 12.6. The minimum atomic E-state index is 0.224. The van der Waals surface area contributed by atoms with E-state index in [0.29, 0.717) is 0 Å². The summed E-state index contributed by atoms with van der Waals surface area (Å²) < 4.78 is 1.93. The van der Waals surface area contributed by atoms with Gasteiger partial charge in [0.05, 0.1) is 23.6 Å². The van der Waals surface area contributed by atoms with Crippen LogP contribution < -0.4 is 5.32 Å². The summed E-state index contributed by atoms with van der Waals surface area (Å²) in [5.74, 6) is 0. The zero-order chi connectivity index (χ0) is 13.3. The lowest BCUT2D eigenvalue weighted by Crippen LogP contribution is -2.10. The van der Waals surface area contributed by atoms with E-state index in [1.165, 1.54) is 16.8 Å². The molecule has 18 heavy (non-hydrogen) atoms. The molecule has 0 aromatic carbocycles. The number of hydrogen-bond acceptors (Lipinski definition) is 3. The molecule has 0 aliphatic rings. The van der Waals surface area contributed by atoms with Crippen LogP contribution in [0.1, 0.15) is 35.5 Å². The van der Waals surface area contributed by atoms with Crippen LogP contribution in [0.2, 0.25) is 0 Å². The molecule has 0 spiro atoms. The molecule has 2 rings (SSSR count). The van der Waals surface area contributed by atoms with Gasteiger partial charge in [0.2, 0.25) is 0 Å². The topological polar surface area (TPSA) is 42.7 Å². The summed E-state index contributed by atoms with van der Waals surface area (Å²) in [7, 11) is 1.98. The van der Waals surface area contributed by atoms with Gasteiger partial charge in [0.15, 0.2) is 0 Å². The van der Waals surface area contributed by atoms with Crippen LogP contribution in [0.25, 0.3) is 0 Å². The predicted molar refractivity (Wildman–Crippen MR) is 73.7 cm³/mol. The number of hydrogen-bond donors (Lipinski definition) is 1. The van der Waals surface area contributed by atoms with Gasteiger partial charge in [0, 0.05) is 24.5 Å². The van der Waals surface area contributed by atoms with Crippen molar-refractivity contribution in [2.75, 3.05) is 5.32 Å². The van der Waals surface area contributed by atoms with Gasteiger partial charge in [-0.1, -0.05) is 0 Å². The van der Waals surface area contributed by atoms with Crippen LogP contribution in [0.4, 0.5) is 5.69 Å². The molecule has 0 saturated heterocycles. The highest BCUT2D eigenvalue weighted by molar-refractivity contribution is 5.50. The molecule has 2 aromatic rings. The highest BCUT2D eigenvalue weighted by atomic mass is 15.3. The fourth-order valence-electron chi connectivity index (χ4n) is 2.34. The molecule has 4 heteroatoms. The molecule has 0 saturated carbocycles. The van der Waals surface area contributed by atoms with E-state index in [-0.39, 0.29) is 6.04 Å². The van der Waals surface area contributed by atoms with Crippen LogP contribution in [-0.2, 0) is 7.05 Å². The Bertz CT molecular complexity index is 557. The number of nitrogens with one attached hydrogen (secondary N) is 1. The largest absolute Gasteiger partial charge is 0.377 e. The second-order valence-corrected chi connectivity index (χ2v) is 4.76. The van der Waals surface area contributed by atoms with E-state index >= 15 is 0 Å². The number of aromatic nitrogens is 3. The van der Waals surface area contributed by atoms with Crippen molar-refractivity contribution in [2.24, 2.45) is 7.05 Å². The lowest BCUT2D eigenvalue weighted by molar-refractivity contribution is 0.728. The maximum Gasteiger partial charge on any atom is 0.0649 e. The third-order valence-corrected chi connectivity index (χ3v) is 3.41. The molecule has 0 amide bonds. The molecule has 1 atom stereocenters. The lowest BCUT2D eigenvalue weighted by atomic mass is 10.1. The van der Waals surface area contributed by atoms with E-state index in [1.807, 2.05) is 30.2 Å². The van der Waals surface area contributed by atoms with Crippen molar-refractivity contribution in [3.8, 4) is 0 Å². The van der Waals surface area contributed by atoms with Crippen LogP contribution >= 0.6 is 0 Å². The van der Waals surface area contributed by atoms with E-state index in [9.17, 15) is 0 Å². The fourth-order valence-corrected chi connectivity index (χ4v) is 2.34. The highest BCUT2D eigenvalue weighted by Gasteiger charge is 2.16. The first-order valence-electron chi connectivity index (χ1n) is 6.18. The molecule has 0 fully saturated rings. The molecule has 0 radical (unpaired) electrons. The second-order valence-electron chi connectivity index (χ2n) is 4.76. The summed E-state index contributed by atoms with van der Waals surface area (Å²) >= 11 is 0. The Morgan fingerprint density at radius 1 is 1.28 bits per heavy atom. The molecular weight excluding hydrogens is 224 g/mol. The standard InChI is InChI=1S/C14H20N4/c1-9-6-7-15-8-13(9)16-10(2)14-11(3)17-18(5)12(14)4/h6-8,10,16H,1-5H3. The lowest BCUT2D eigenvalue weighted by Gasteiger charge is -2.17. The van der Waals surface area contributed by atoms with Crippen LogP contribution in [-0.4, -0.2) is 14.8 Å². The first-order valence-corrected chi connectivity index (χ1v) is 6.18. The van der Waals surface area contributed by atoms with Crippen molar-refractivity contribution in [1.82, 2.24) is 14.8 Å². The summed E-state index contributed by atoms with van der Waals surface area (Å²) in [5.41, 5.74) is 5.83. The summed E-state index contributed by atoms with van der Waals surface area (Å²) in [6, 6.07) is 2.24. The molecule has 2 aromatic heterocycles. The number of aryl methyl sites for hydroxylation is 3. The molecule has 96 valence electrons. The molecule has 4 nitrogen and oxygen atoms in total. The van der Waals surface area contributed by atoms with Gasteiger partial charge in [-0.05, 0) is 39.3 Å². The predicted octanol–water partition coefficient (Wildman–Crippen LogP) is 2.91. The Hall–Kier alpha value is -1.84. The van der Waals surface area contributed by atoms with E-state index in [2.05, 4.69) is 43.1 Å². The number of rotatable bonds is 3. The molecule has 0 aliphatic heterocycles. The monoisotopic (exact) mass is 244 g/mol. The van der Waals surface area contributed by atoms with Crippen molar-refractivity contribution in [2.45, 2.75) is 33.7 Å². The van der Waals surface area contributed by atoms with Crippen molar-refractivity contribution in [3.05, 3.63) is 41.0 Å². The number of anilines is 1. The van der Waals surface area contributed by atoms with Gasteiger partial charge in [-0.2, -0.15) is 5.10 Å². The van der Waals surface area contributed by atoms with Gasteiger partial charge in [-0.15, -0.1) is 0 Å². The van der Waals surface area contributed by atoms with Crippen molar-refractivity contribution in [1.29, 1.82) is 0 Å². The van der Waals surface area contributed by atoms with Crippen LogP contribution in [0.15, 0.2) is 18.5 Å². The Morgan fingerprint density at radius 2 is 2.00 bits per heavy atom. The van der Waals surface area contributed by atoms with Gasteiger partial charge in [-0.25, -0.2) is 0 Å². The van der Waals surface area contributed by atoms with E-state index in [0.717, 1.165) is 11.4 Å². The highest BCUT2D eigenvalue weighted by Crippen LogP contribution is 2.25. The Labute approximate surface area is 108 Å². The van der Waals surface area contributed by atoms with Gasteiger partial charge in [-0.3, -0.25) is 9.67 Å². The van der Waals surface area contributed by atoms with Crippen molar-refractivity contribution >= 4 is 5.69 Å². The minimum absolute atomic E-state index is 0.224. The fraction of sp³-hybridized carbons (Fsp3) is 0.429. The summed E-state index contributed by atoms with van der Waals surface area (Å²) in [6.07, 6.45) is 3.68. The van der Waals surface area contributed by atoms with Crippen molar-refractivity contribution < 1.29 is 0 Å². The molecule has 0 aliphatic carbocycles. The molecular formula is C14H20N4. The second kappa shape index (κ2) is 4.80. The summed E-state index contributed by atoms with van der Waals surface area (Å²) in [6.45, 7) is 8.39. The maximum absolute atomic E-state index is 4.46. The Balaban J connectivity index is 2.28. The summed E-state index contributed by atoms with van der Waals surface area (Å²) in [4.78, 5) is 4.16. The van der Waals surface area contributed by atoms with Crippen LogP contribution in [0.5, 0.6) is 0 Å². The molecule has 1 N–H and O–H groups in total. The zero-order valence-electron chi connectivity index (χ0n) is 11.7. The third kappa shape index (κ3) is 2.23.